The van der Waals surface area contributed by atoms with Crippen molar-refractivity contribution >= 4 is 0 Å². The molecule has 0 spiro atoms. The largest absolute Gasteiger partial charge is 0.486 e. The molecule has 1 aromatic heterocycles. The first kappa shape index (κ1) is 13.7. The van der Waals surface area contributed by atoms with E-state index in [9.17, 15) is 0 Å². The van der Waals surface area contributed by atoms with Crippen LogP contribution in [0.4, 0.5) is 0 Å². The fourth-order valence-corrected chi connectivity index (χ4v) is 1.87. The van der Waals surface area contributed by atoms with Gasteiger partial charge in [0.1, 0.15) is 30.5 Å². The van der Waals surface area contributed by atoms with Gasteiger partial charge in [0.15, 0.2) is 0 Å². The summed E-state index contributed by atoms with van der Waals surface area (Å²) in [5, 5.41) is 8.91. The summed E-state index contributed by atoms with van der Waals surface area (Å²) in [6.07, 6.45) is 1.14. The molecule has 1 atom stereocenters. The number of aliphatic hydroxyl groups excluding tert-OH is 1. The van der Waals surface area contributed by atoms with E-state index in [1.54, 1.807) is 6.07 Å². The number of aliphatic hydroxyl groups is 1. The zero-order chi connectivity index (χ0) is 13.7. The van der Waals surface area contributed by atoms with Crippen molar-refractivity contribution in [1.29, 1.82) is 0 Å². The van der Waals surface area contributed by atoms with Crippen LogP contribution in [0.1, 0.15) is 43.3 Å². The molecule has 1 unspecified atom stereocenters. The Morgan fingerprint density at radius 1 is 1.11 bits per heavy atom. The maximum Gasteiger partial charge on any atom is 0.146 e. The molecule has 0 bridgehead atoms. The van der Waals surface area contributed by atoms with Gasteiger partial charge in [0.2, 0.25) is 0 Å². The molecule has 0 saturated heterocycles. The Morgan fingerprint density at radius 2 is 1.79 bits per heavy atom. The van der Waals surface area contributed by atoms with Crippen LogP contribution in [-0.4, -0.2) is 5.11 Å². The van der Waals surface area contributed by atoms with Crippen LogP contribution < -0.4 is 4.74 Å². The van der Waals surface area contributed by atoms with Crippen molar-refractivity contribution in [2.45, 2.75) is 39.4 Å². The Balaban J connectivity index is 1.92. The van der Waals surface area contributed by atoms with E-state index in [-0.39, 0.29) is 6.61 Å². The lowest BCUT2D eigenvalue weighted by atomic mass is 9.99. The molecule has 0 radical (unpaired) electrons. The Morgan fingerprint density at radius 3 is 2.37 bits per heavy atom. The lowest BCUT2D eigenvalue weighted by Gasteiger charge is -2.10. The number of furan rings is 1. The summed E-state index contributed by atoms with van der Waals surface area (Å²) in [6.45, 7) is 4.70. The summed E-state index contributed by atoms with van der Waals surface area (Å²) in [6, 6.07) is 11.7. The van der Waals surface area contributed by atoms with Crippen molar-refractivity contribution in [3.63, 3.8) is 0 Å². The van der Waals surface area contributed by atoms with Crippen molar-refractivity contribution in [1.82, 2.24) is 0 Å². The fraction of sp³-hybridized carbons (Fsp3) is 0.375. The fourth-order valence-electron chi connectivity index (χ4n) is 1.87. The average Bonchev–Trinajstić information content (AvgIpc) is 2.93. The second-order valence-electron chi connectivity index (χ2n) is 4.69. The van der Waals surface area contributed by atoms with E-state index in [1.807, 2.05) is 18.2 Å². The predicted molar refractivity (Wildman–Crippen MR) is 74.1 cm³/mol. The zero-order valence-corrected chi connectivity index (χ0v) is 11.4. The third-order valence-corrected chi connectivity index (χ3v) is 3.32. The molecular formula is C16H20O3. The van der Waals surface area contributed by atoms with E-state index < -0.39 is 0 Å². The molecule has 19 heavy (non-hydrogen) atoms. The number of hydrogen-bond donors (Lipinski definition) is 1. The molecule has 1 N–H and O–H groups in total. The van der Waals surface area contributed by atoms with Crippen molar-refractivity contribution < 1.29 is 14.3 Å². The summed E-state index contributed by atoms with van der Waals surface area (Å²) in [4.78, 5) is 0. The van der Waals surface area contributed by atoms with Crippen LogP contribution in [-0.2, 0) is 13.2 Å². The highest BCUT2D eigenvalue weighted by atomic mass is 16.5. The second-order valence-corrected chi connectivity index (χ2v) is 4.69. The third-order valence-electron chi connectivity index (χ3n) is 3.32. The van der Waals surface area contributed by atoms with E-state index in [4.69, 9.17) is 14.3 Å². The van der Waals surface area contributed by atoms with Gasteiger partial charge in [-0.2, -0.15) is 0 Å². The van der Waals surface area contributed by atoms with Gasteiger partial charge in [-0.1, -0.05) is 26.0 Å². The van der Waals surface area contributed by atoms with Crippen LogP contribution in [0.5, 0.6) is 5.75 Å². The Kier molecular flexibility index (Phi) is 4.63. The van der Waals surface area contributed by atoms with Crippen molar-refractivity contribution in [3.8, 4) is 5.75 Å². The minimum Gasteiger partial charge on any atom is -0.486 e. The summed E-state index contributed by atoms with van der Waals surface area (Å²) < 4.78 is 11.0. The van der Waals surface area contributed by atoms with Crippen molar-refractivity contribution in [2.75, 3.05) is 0 Å². The molecule has 0 amide bonds. The van der Waals surface area contributed by atoms with Crippen molar-refractivity contribution in [2.24, 2.45) is 0 Å². The van der Waals surface area contributed by atoms with E-state index >= 15 is 0 Å². The van der Waals surface area contributed by atoms with Crippen LogP contribution in [0.2, 0.25) is 0 Å². The molecule has 3 nitrogen and oxygen atoms in total. The van der Waals surface area contributed by atoms with Crippen LogP contribution in [0.15, 0.2) is 40.8 Å². The van der Waals surface area contributed by atoms with Gasteiger partial charge >= 0.3 is 0 Å². The normalized spacial score (nSPS) is 12.4. The summed E-state index contributed by atoms with van der Waals surface area (Å²) in [5.41, 5.74) is 1.33. The molecule has 0 aliphatic heterocycles. The molecule has 2 aromatic rings. The van der Waals surface area contributed by atoms with Gasteiger partial charge in [0.25, 0.3) is 0 Å². The summed E-state index contributed by atoms with van der Waals surface area (Å²) >= 11 is 0. The second kappa shape index (κ2) is 6.43. The zero-order valence-electron chi connectivity index (χ0n) is 11.4. The summed E-state index contributed by atoms with van der Waals surface area (Å²) in [5.74, 6) is 2.68. The quantitative estimate of drug-likeness (QED) is 0.857. The number of ether oxygens (including phenoxy) is 1. The Labute approximate surface area is 113 Å². The number of benzene rings is 1. The van der Waals surface area contributed by atoms with Crippen LogP contribution in [0.25, 0.3) is 0 Å². The Hall–Kier alpha value is -1.74. The van der Waals surface area contributed by atoms with Crippen LogP contribution in [0.3, 0.4) is 0 Å². The highest BCUT2D eigenvalue weighted by molar-refractivity contribution is 5.29. The number of hydrogen-bond acceptors (Lipinski definition) is 3. The third kappa shape index (κ3) is 3.61. The lowest BCUT2D eigenvalue weighted by Crippen LogP contribution is -1.95. The van der Waals surface area contributed by atoms with Gasteiger partial charge in [-0.05, 0) is 42.2 Å². The first-order valence-electron chi connectivity index (χ1n) is 6.64. The smallest absolute Gasteiger partial charge is 0.146 e. The summed E-state index contributed by atoms with van der Waals surface area (Å²) in [7, 11) is 0. The standard InChI is InChI=1S/C16H20O3/c1-3-12(2)13-4-6-14(7-5-13)18-11-16-9-8-15(10-17)19-16/h4-9,12,17H,3,10-11H2,1-2H3. The predicted octanol–water partition coefficient (Wildman–Crippen LogP) is 3.86. The van der Waals surface area contributed by atoms with Gasteiger partial charge < -0.3 is 14.3 Å². The maximum atomic E-state index is 8.91. The molecule has 1 aromatic carbocycles. The van der Waals surface area contributed by atoms with E-state index in [1.165, 1.54) is 5.56 Å². The number of rotatable bonds is 6. The van der Waals surface area contributed by atoms with E-state index in [0.717, 1.165) is 17.9 Å². The highest BCUT2D eigenvalue weighted by Crippen LogP contribution is 2.22. The lowest BCUT2D eigenvalue weighted by molar-refractivity contribution is 0.225. The van der Waals surface area contributed by atoms with Gasteiger partial charge in [-0.15, -0.1) is 0 Å². The monoisotopic (exact) mass is 260 g/mol. The molecule has 0 aliphatic rings. The highest BCUT2D eigenvalue weighted by Gasteiger charge is 2.04. The topological polar surface area (TPSA) is 42.6 Å². The minimum atomic E-state index is -0.0798. The Bertz CT molecular complexity index is 499. The van der Waals surface area contributed by atoms with E-state index in [0.29, 0.717) is 18.3 Å². The van der Waals surface area contributed by atoms with Gasteiger partial charge in [0.05, 0.1) is 0 Å². The molecule has 0 saturated carbocycles. The molecule has 2 rings (SSSR count). The first-order valence-corrected chi connectivity index (χ1v) is 6.64. The van der Waals surface area contributed by atoms with Crippen LogP contribution in [0, 0.1) is 0 Å². The molecule has 0 fully saturated rings. The molecule has 3 heteroatoms. The van der Waals surface area contributed by atoms with Gasteiger partial charge in [-0.25, -0.2) is 0 Å². The van der Waals surface area contributed by atoms with Crippen LogP contribution >= 0.6 is 0 Å². The maximum absolute atomic E-state index is 8.91. The van der Waals surface area contributed by atoms with Gasteiger partial charge in [0, 0.05) is 0 Å². The molecule has 102 valence electrons. The van der Waals surface area contributed by atoms with Crippen molar-refractivity contribution in [3.05, 3.63) is 53.5 Å². The minimum absolute atomic E-state index is 0.0798. The molecule has 1 heterocycles. The SMILES string of the molecule is CCC(C)c1ccc(OCc2ccc(CO)o2)cc1. The first-order chi connectivity index (χ1) is 9.22. The molecule has 0 aliphatic carbocycles. The van der Waals surface area contributed by atoms with E-state index in [2.05, 4.69) is 26.0 Å². The molecular weight excluding hydrogens is 240 g/mol. The average molecular weight is 260 g/mol. The van der Waals surface area contributed by atoms with Gasteiger partial charge in [-0.3, -0.25) is 0 Å².